The number of hydrogen-bond acceptors (Lipinski definition) is 6. The minimum absolute atomic E-state index is 0.180. The van der Waals surface area contributed by atoms with Gasteiger partial charge in [0.15, 0.2) is 5.13 Å². The van der Waals surface area contributed by atoms with Crippen molar-refractivity contribution in [2.45, 2.75) is 38.5 Å². The first-order valence-electron chi connectivity index (χ1n) is 9.54. The number of nitrogens with two attached hydrogens (primary N) is 1. The second-order valence-corrected chi connectivity index (χ2v) is 7.90. The second kappa shape index (κ2) is 9.80. The number of rotatable bonds is 6. The van der Waals surface area contributed by atoms with Gasteiger partial charge < -0.3 is 15.9 Å². The third-order valence-corrected chi connectivity index (χ3v) is 5.41. The zero-order valence-corrected chi connectivity index (χ0v) is 17.3. The minimum Gasteiger partial charge on any atom is -0.387 e. The van der Waals surface area contributed by atoms with E-state index >= 15 is 0 Å². The van der Waals surface area contributed by atoms with Gasteiger partial charge in [0.2, 0.25) is 0 Å². The van der Waals surface area contributed by atoms with Gasteiger partial charge in [0.25, 0.3) is 0 Å². The summed E-state index contributed by atoms with van der Waals surface area (Å²) in [5.74, 6) is 0.411. The molecule has 0 saturated heterocycles. The van der Waals surface area contributed by atoms with Gasteiger partial charge in [-0.2, -0.15) is 13.2 Å². The normalized spacial score (nSPS) is 21.8. The molecule has 0 radical (unpaired) electrons. The molecule has 0 amide bonds. The van der Waals surface area contributed by atoms with E-state index in [2.05, 4.69) is 15.5 Å². The first kappa shape index (κ1) is 21.9. The van der Waals surface area contributed by atoms with E-state index in [1.54, 1.807) is 6.20 Å². The predicted molar refractivity (Wildman–Crippen MR) is 114 cm³/mol. The van der Waals surface area contributed by atoms with E-state index in [4.69, 9.17) is 10.6 Å². The molecule has 160 valence electrons. The molecule has 3 N–H and O–H groups in total. The van der Waals surface area contributed by atoms with Gasteiger partial charge in [0.1, 0.15) is 11.9 Å². The minimum atomic E-state index is -4.30. The molecule has 1 aliphatic heterocycles. The highest BCUT2D eigenvalue weighted by molar-refractivity contribution is 7.16. The number of thiazole rings is 1. The second-order valence-electron chi connectivity index (χ2n) is 6.87. The summed E-state index contributed by atoms with van der Waals surface area (Å²) in [5, 5.41) is 7.93. The van der Waals surface area contributed by atoms with Crippen LogP contribution in [0.2, 0.25) is 0 Å². The number of oxime groups is 1. The van der Waals surface area contributed by atoms with Gasteiger partial charge in [-0.15, -0.1) is 0 Å². The molecule has 0 saturated carbocycles. The van der Waals surface area contributed by atoms with Crippen molar-refractivity contribution in [2.75, 3.05) is 11.9 Å². The van der Waals surface area contributed by atoms with E-state index in [1.807, 2.05) is 25.2 Å². The maximum absolute atomic E-state index is 12.6. The van der Waals surface area contributed by atoms with Crippen LogP contribution in [0, 0.1) is 0 Å². The van der Waals surface area contributed by atoms with E-state index in [0.29, 0.717) is 25.2 Å². The fourth-order valence-corrected chi connectivity index (χ4v) is 3.63. The molecule has 5 nitrogen and oxygen atoms in total. The Morgan fingerprint density at radius 2 is 2.03 bits per heavy atom. The van der Waals surface area contributed by atoms with Gasteiger partial charge in [-0.25, -0.2) is 4.98 Å². The highest BCUT2D eigenvalue weighted by Crippen LogP contribution is 2.29. The first-order valence-corrected chi connectivity index (χ1v) is 10.4. The molecule has 30 heavy (non-hydrogen) atoms. The molecule has 9 heteroatoms. The Kier molecular flexibility index (Phi) is 7.15. The molecule has 2 heterocycles. The van der Waals surface area contributed by atoms with Crippen molar-refractivity contribution in [3.63, 3.8) is 0 Å². The van der Waals surface area contributed by atoms with Crippen molar-refractivity contribution >= 4 is 27.9 Å². The van der Waals surface area contributed by atoms with Crippen LogP contribution >= 0.6 is 11.3 Å². The highest BCUT2D eigenvalue weighted by Gasteiger charge is 2.29. The molecule has 0 aliphatic carbocycles. The van der Waals surface area contributed by atoms with Crippen LogP contribution in [0.1, 0.15) is 35.8 Å². The van der Waals surface area contributed by atoms with Crippen molar-refractivity contribution in [1.82, 2.24) is 4.98 Å². The van der Waals surface area contributed by atoms with Gasteiger partial charge in [-0.05, 0) is 49.1 Å². The molecule has 3 rings (SSSR count). The van der Waals surface area contributed by atoms with Crippen LogP contribution in [-0.4, -0.2) is 23.5 Å². The van der Waals surface area contributed by atoms with E-state index < -0.39 is 11.7 Å². The van der Waals surface area contributed by atoms with Gasteiger partial charge in [0, 0.05) is 19.2 Å². The SMILES string of the molecule is CC1/C=C\C(c2cnc(NCCCc3ccc(C(F)(F)F)cc3)s2)=C/C/C(N)=N\O1. The third kappa shape index (κ3) is 6.35. The number of benzene rings is 1. The molecule has 0 spiro atoms. The summed E-state index contributed by atoms with van der Waals surface area (Å²) in [5.41, 5.74) is 7.07. The lowest BCUT2D eigenvalue weighted by atomic mass is 10.1. The van der Waals surface area contributed by atoms with Crippen LogP contribution in [0.25, 0.3) is 5.57 Å². The Bertz CT molecular complexity index is 932. The molecular weight excluding hydrogens is 413 g/mol. The molecule has 1 unspecified atom stereocenters. The summed E-state index contributed by atoms with van der Waals surface area (Å²) in [6.07, 6.45) is 5.14. The first-order chi connectivity index (χ1) is 14.3. The lowest BCUT2D eigenvalue weighted by Crippen LogP contribution is -2.12. The smallest absolute Gasteiger partial charge is 0.387 e. The summed E-state index contributed by atoms with van der Waals surface area (Å²) in [7, 11) is 0. The average Bonchev–Trinajstić information content (AvgIpc) is 3.19. The van der Waals surface area contributed by atoms with E-state index in [1.165, 1.54) is 23.5 Å². The Morgan fingerprint density at radius 1 is 1.27 bits per heavy atom. The lowest BCUT2D eigenvalue weighted by molar-refractivity contribution is -0.137. The van der Waals surface area contributed by atoms with Gasteiger partial charge in [0.05, 0.1) is 10.4 Å². The molecule has 1 atom stereocenters. The van der Waals surface area contributed by atoms with Crippen LogP contribution in [0.15, 0.2) is 53.8 Å². The summed E-state index contributed by atoms with van der Waals surface area (Å²) in [4.78, 5) is 10.7. The number of alkyl halides is 3. The largest absolute Gasteiger partial charge is 0.416 e. The number of hydrogen-bond donors (Lipinski definition) is 2. The number of nitrogens with zero attached hydrogens (tertiary/aromatic N) is 2. The van der Waals surface area contributed by atoms with Crippen molar-refractivity contribution < 1.29 is 18.0 Å². The third-order valence-electron chi connectivity index (χ3n) is 4.40. The summed E-state index contributed by atoms with van der Waals surface area (Å²) in [6, 6.07) is 5.30. The number of amidine groups is 1. The molecule has 0 fully saturated rings. The summed E-state index contributed by atoms with van der Waals surface area (Å²) >= 11 is 1.53. The number of anilines is 1. The number of nitrogens with one attached hydrogen (secondary N) is 1. The maximum Gasteiger partial charge on any atom is 0.416 e. The molecule has 1 aromatic heterocycles. The standard InChI is InChI=1S/C21H23F3N4OS/c1-14-4-7-16(8-11-19(25)28-29-14)18-13-27-20(30-18)26-12-2-3-15-5-9-17(10-6-15)21(22,23)24/h4-10,13-14H,2-3,11-12H2,1H3,(H2,25,28)(H,26,27)/b7-4-,16-8+. The fourth-order valence-electron chi connectivity index (χ4n) is 2.77. The van der Waals surface area contributed by atoms with Crippen LogP contribution in [-0.2, 0) is 17.4 Å². The van der Waals surface area contributed by atoms with Crippen molar-refractivity contribution in [1.29, 1.82) is 0 Å². The number of allylic oxidation sites excluding steroid dienone is 2. The van der Waals surface area contributed by atoms with Crippen LogP contribution in [0.4, 0.5) is 18.3 Å². The Labute approximate surface area is 177 Å². The molecular formula is C21H23F3N4OS. The van der Waals surface area contributed by atoms with Crippen molar-refractivity contribution in [2.24, 2.45) is 10.9 Å². The van der Waals surface area contributed by atoms with Crippen LogP contribution in [0.5, 0.6) is 0 Å². The Morgan fingerprint density at radius 3 is 2.77 bits per heavy atom. The fraction of sp³-hybridized carbons (Fsp3) is 0.333. The van der Waals surface area contributed by atoms with Crippen LogP contribution in [0.3, 0.4) is 0 Å². The number of aryl methyl sites for hydroxylation is 1. The average molecular weight is 437 g/mol. The monoisotopic (exact) mass is 436 g/mol. The van der Waals surface area contributed by atoms with Crippen molar-refractivity contribution in [3.05, 3.63) is 64.7 Å². The van der Waals surface area contributed by atoms with E-state index in [-0.39, 0.29) is 6.10 Å². The van der Waals surface area contributed by atoms with Gasteiger partial charge >= 0.3 is 6.18 Å². The predicted octanol–water partition coefficient (Wildman–Crippen LogP) is 5.23. The summed E-state index contributed by atoms with van der Waals surface area (Å²) in [6.45, 7) is 2.56. The number of halogens is 3. The van der Waals surface area contributed by atoms with E-state index in [0.717, 1.165) is 39.7 Å². The zero-order chi connectivity index (χ0) is 21.6. The molecule has 1 aliphatic rings. The Balaban J connectivity index is 1.52. The molecule has 2 aromatic rings. The van der Waals surface area contributed by atoms with Crippen LogP contribution < -0.4 is 11.1 Å². The highest BCUT2D eigenvalue weighted by atomic mass is 32.1. The van der Waals surface area contributed by atoms with E-state index in [9.17, 15) is 13.2 Å². The lowest BCUT2D eigenvalue weighted by Gasteiger charge is -2.08. The molecule has 0 bridgehead atoms. The zero-order valence-electron chi connectivity index (χ0n) is 16.4. The topological polar surface area (TPSA) is 72.5 Å². The van der Waals surface area contributed by atoms with Gasteiger partial charge in [-0.1, -0.05) is 40.8 Å². The maximum atomic E-state index is 12.6. The summed E-state index contributed by atoms with van der Waals surface area (Å²) < 4.78 is 37.8. The van der Waals surface area contributed by atoms with Gasteiger partial charge in [-0.3, -0.25) is 0 Å². The Hall–Kier alpha value is -2.81. The number of aromatic nitrogens is 1. The quantitative estimate of drug-likeness (QED) is 0.609. The molecule has 1 aromatic carbocycles. The van der Waals surface area contributed by atoms with Crippen molar-refractivity contribution in [3.8, 4) is 0 Å².